The van der Waals surface area contributed by atoms with Gasteiger partial charge in [-0.1, -0.05) is 84.6 Å². The summed E-state index contributed by atoms with van der Waals surface area (Å²) in [6.07, 6.45) is 13.9. The Morgan fingerprint density at radius 3 is 1.43 bits per heavy atom. The van der Waals surface area contributed by atoms with Crippen molar-refractivity contribution in [3.63, 3.8) is 0 Å². The Morgan fingerprint density at radius 2 is 0.967 bits per heavy atom. The predicted molar refractivity (Wildman–Crippen MR) is 126 cm³/mol. The van der Waals surface area contributed by atoms with Gasteiger partial charge in [0.2, 0.25) is 0 Å². The summed E-state index contributed by atoms with van der Waals surface area (Å²) in [4.78, 5) is 38.3. The summed E-state index contributed by atoms with van der Waals surface area (Å²) in [6.45, 7) is 6.44. The standard InChI is InChI=1S/C27H42O3/c1-4-7-10-13-16-25(28)22-19-20-23(26(29)17-14-11-8-5-2)24(21-22)27(30)18-15-12-9-6-3/h19-21H,4-18H2,1-3H3. The molecule has 0 bridgehead atoms. The van der Waals surface area contributed by atoms with Crippen LogP contribution >= 0.6 is 0 Å². The van der Waals surface area contributed by atoms with Gasteiger partial charge in [-0.15, -0.1) is 0 Å². The lowest BCUT2D eigenvalue weighted by atomic mass is 9.91. The molecule has 0 saturated heterocycles. The molecule has 0 aliphatic rings. The van der Waals surface area contributed by atoms with Crippen molar-refractivity contribution in [2.45, 2.75) is 117 Å². The van der Waals surface area contributed by atoms with E-state index in [1.807, 2.05) is 0 Å². The molecule has 0 fully saturated rings. The summed E-state index contributed by atoms with van der Waals surface area (Å²) in [7, 11) is 0. The van der Waals surface area contributed by atoms with Crippen LogP contribution in [0, 0.1) is 0 Å². The van der Waals surface area contributed by atoms with Gasteiger partial charge in [0.15, 0.2) is 17.3 Å². The SMILES string of the molecule is CCCCCCC(=O)c1ccc(C(=O)CCCCCC)c(C(=O)CCCCCC)c1. The van der Waals surface area contributed by atoms with Crippen LogP contribution in [0.2, 0.25) is 0 Å². The van der Waals surface area contributed by atoms with Gasteiger partial charge < -0.3 is 0 Å². The second kappa shape index (κ2) is 16.0. The van der Waals surface area contributed by atoms with E-state index < -0.39 is 0 Å². The number of ketones is 3. The molecule has 3 heteroatoms. The largest absolute Gasteiger partial charge is 0.294 e. The molecule has 3 nitrogen and oxygen atoms in total. The first-order valence-corrected chi connectivity index (χ1v) is 12.3. The fourth-order valence-electron chi connectivity index (χ4n) is 3.74. The molecule has 0 aliphatic carbocycles. The molecule has 0 spiro atoms. The van der Waals surface area contributed by atoms with Gasteiger partial charge >= 0.3 is 0 Å². The minimum atomic E-state index is 0.00337. The molecule has 0 saturated carbocycles. The van der Waals surface area contributed by atoms with Gasteiger partial charge in [0.05, 0.1) is 0 Å². The van der Waals surface area contributed by atoms with Crippen LogP contribution in [0.15, 0.2) is 18.2 Å². The summed E-state index contributed by atoms with van der Waals surface area (Å²) >= 11 is 0. The van der Waals surface area contributed by atoms with E-state index >= 15 is 0 Å². The fraction of sp³-hybridized carbons (Fsp3) is 0.667. The quantitative estimate of drug-likeness (QED) is 0.180. The highest BCUT2D eigenvalue weighted by atomic mass is 16.1. The number of hydrogen-bond donors (Lipinski definition) is 0. The van der Waals surface area contributed by atoms with Crippen molar-refractivity contribution in [2.24, 2.45) is 0 Å². The van der Waals surface area contributed by atoms with Crippen molar-refractivity contribution in [3.05, 3.63) is 34.9 Å². The minimum absolute atomic E-state index is 0.00337. The van der Waals surface area contributed by atoms with Crippen molar-refractivity contribution < 1.29 is 14.4 Å². The van der Waals surface area contributed by atoms with Crippen LogP contribution in [-0.4, -0.2) is 17.3 Å². The van der Waals surface area contributed by atoms with E-state index in [1.165, 1.54) is 0 Å². The van der Waals surface area contributed by atoms with Gasteiger partial charge in [0.1, 0.15) is 0 Å². The zero-order valence-electron chi connectivity index (χ0n) is 19.6. The topological polar surface area (TPSA) is 51.2 Å². The van der Waals surface area contributed by atoms with Crippen LogP contribution in [0.5, 0.6) is 0 Å². The Morgan fingerprint density at radius 1 is 0.533 bits per heavy atom. The van der Waals surface area contributed by atoms with Gasteiger partial charge in [-0.25, -0.2) is 0 Å². The summed E-state index contributed by atoms with van der Waals surface area (Å²) in [5, 5.41) is 0. The van der Waals surface area contributed by atoms with Gasteiger partial charge in [-0.3, -0.25) is 14.4 Å². The number of carbonyl (C=O) groups excluding carboxylic acids is 3. The predicted octanol–water partition coefficient (Wildman–Crippen LogP) is 8.15. The summed E-state index contributed by atoms with van der Waals surface area (Å²) in [6, 6.07) is 5.17. The molecule has 0 aromatic heterocycles. The first-order valence-electron chi connectivity index (χ1n) is 12.3. The van der Waals surface area contributed by atoms with Crippen LogP contribution in [0.3, 0.4) is 0 Å². The maximum atomic E-state index is 12.9. The Balaban J connectivity index is 2.92. The molecule has 1 aromatic carbocycles. The molecular weight excluding hydrogens is 372 g/mol. The first-order chi connectivity index (χ1) is 14.5. The van der Waals surface area contributed by atoms with Gasteiger partial charge in [-0.2, -0.15) is 0 Å². The number of unbranched alkanes of at least 4 members (excludes halogenated alkanes) is 9. The smallest absolute Gasteiger partial charge is 0.163 e. The zero-order chi connectivity index (χ0) is 22.2. The van der Waals surface area contributed by atoms with E-state index in [4.69, 9.17) is 0 Å². The molecule has 0 atom stereocenters. The fourth-order valence-corrected chi connectivity index (χ4v) is 3.74. The third-order valence-corrected chi connectivity index (χ3v) is 5.71. The lowest BCUT2D eigenvalue weighted by Gasteiger charge is -2.11. The highest BCUT2D eigenvalue weighted by molar-refractivity contribution is 6.10. The van der Waals surface area contributed by atoms with E-state index in [9.17, 15) is 14.4 Å². The van der Waals surface area contributed by atoms with Crippen LogP contribution in [0.25, 0.3) is 0 Å². The molecular formula is C27H42O3. The first kappa shape index (κ1) is 26.3. The second-order valence-electron chi connectivity index (χ2n) is 8.46. The van der Waals surface area contributed by atoms with E-state index in [1.54, 1.807) is 18.2 Å². The molecule has 0 radical (unpaired) electrons. The highest BCUT2D eigenvalue weighted by Crippen LogP contribution is 2.21. The number of carbonyl (C=O) groups is 3. The average molecular weight is 415 g/mol. The molecule has 168 valence electrons. The maximum absolute atomic E-state index is 12.9. The van der Waals surface area contributed by atoms with Gasteiger partial charge in [-0.05, 0) is 31.4 Å². The number of hydrogen-bond acceptors (Lipinski definition) is 3. The summed E-state index contributed by atoms with van der Waals surface area (Å²) in [5.41, 5.74) is 1.55. The summed E-state index contributed by atoms with van der Waals surface area (Å²) in [5.74, 6) is 0.113. The zero-order valence-corrected chi connectivity index (χ0v) is 19.6. The highest BCUT2D eigenvalue weighted by Gasteiger charge is 2.19. The van der Waals surface area contributed by atoms with Crippen LogP contribution < -0.4 is 0 Å². The lowest BCUT2D eigenvalue weighted by molar-refractivity contribution is 0.0944. The minimum Gasteiger partial charge on any atom is -0.294 e. The van der Waals surface area contributed by atoms with Crippen molar-refractivity contribution in [3.8, 4) is 0 Å². The summed E-state index contributed by atoms with van der Waals surface area (Å²) < 4.78 is 0. The maximum Gasteiger partial charge on any atom is 0.163 e. The average Bonchev–Trinajstić information content (AvgIpc) is 2.76. The molecule has 0 N–H and O–H groups in total. The van der Waals surface area contributed by atoms with E-state index in [-0.39, 0.29) is 17.3 Å². The number of benzene rings is 1. The Hall–Kier alpha value is -1.77. The Kier molecular flexibility index (Phi) is 14.0. The van der Waals surface area contributed by atoms with Crippen molar-refractivity contribution >= 4 is 17.3 Å². The normalized spacial score (nSPS) is 10.9. The third kappa shape index (κ3) is 9.82. The van der Waals surface area contributed by atoms with Crippen molar-refractivity contribution in [1.82, 2.24) is 0 Å². The molecule has 0 aliphatic heterocycles. The second-order valence-corrected chi connectivity index (χ2v) is 8.46. The molecule has 1 aromatic rings. The molecule has 30 heavy (non-hydrogen) atoms. The monoisotopic (exact) mass is 414 g/mol. The Bertz CT molecular complexity index is 660. The van der Waals surface area contributed by atoms with Crippen LogP contribution in [-0.2, 0) is 0 Å². The van der Waals surface area contributed by atoms with Crippen molar-refractivity contribution in [1.29, 1.82) is 0 Å². The molecule has 1 rings (SSSR count). The molecule has 0 unspecified atom stereocenters. The third-order valence-electron chi connectivity index (χ3n) is 5.71. The van der Waals surface area contributed by atoms with Gasteiger partial charge in [0, 0.05) is 36.0 Å². The Labute approximate surface area is 184 Å². The number of Topliss-reactive ketones (excluding diaryl/α,β-unsaturated/α-hetero) is 3. The van der Waals surface area contributed by atoms with Crippen LogP contribution in [0.4, 0.5) is 0 Å². The van der Waals surface area contributed by atoms with E-state index in [0.717, 1.165) is 77.0 Å². The molecule has 0 heterocycles. The molecule has 0 amide bonds. The van der Waals surface area contributed by atoms with E-state index in [2.05, 4.69) is 20.8 Å². The van der Waals surface area contributed by atoms with E-state index in [0.29, 0.717) is 36.0 Å². The van der Waals surface area contributed by atoms with Gasteiger partial charge in [0.25, 0.3) is 0 Å². The number of rotatable bonds is 18. The van der Waals surface area contributed by atoms with Crippen molar-refractivity contribution in [2.75, 3.05) is 0 Å². The van der Waals surface area contributed by atoms with Crippen LogP contribution in [0.1, 0.15) is 148 Å². The lowest BCUT2D eigenvalue weighted by Crippen LogP contribution is -2.12.